The Balaban J connectivity index is 1.69. The van der Waals surface area contributed by atoms with Gasteiger partial charge in [0.25, 0.3) is 0 Å². The van der Waals surface area contributed by atoms with Gasteiger partial charge in [-0.3, -0.25) is 0 Å². The Labute approximate surface area is 118 Å². The van der Waals surface area contributed by atoms with Crippen LogP contribution in [0.15, 0.2) is 23.8 Å². The van der Waals surface area contributed by atoms with Crippen molar-refractivity contribution in [2.75, 3.05) is 0 Å². The van der Waals surface area contributed by atoms with Crippen LogP contribution in [0.4, 0.5) is 0 Å². The van der Waals surface area contributed by atoms with Gasteiger partial charge >= 0.3 is 0 Å². The maximum absolute atomic E-state index is 2.61. The summed E-state index contributed by atoms with van der Waals surface area (Å²) >= 11 is 0. The second-order valence-electron chi connectivity index (χ2n) is 8.14. The van der Waals surface area contributed by atoms with Gasteiger partial charge in [0.05, 0.1) is 0 Å². The van der Waals surface area contributed by atoms with E-state index in [9.17, 15) is 0 Å². The lowest BCUT2D eigenvalue weighted by Crippen LogP contribution is -2.48. The van der Waals surface area contributed by atoms with Gasteiger partial charge in [-0.1, -0.05) is 37.6 Å². The Morgan fingerprint density at radius 2 is 2.00 bits per heavy atom. The van der Waals surface area contributed by atoms with Gasteiger partial charge in [0, 0.05) is 0 Å². The van der Waals surface area contributed by atoms with E-state index in [1.54, 1.807) is 0 Å². The van der Waals surface area contributed by atoms with Gasteiger partial charge in [-0.2, -0.15) is 0 Å². The monoisotopic (exact) mass is 256 g/mol. The topological polar surface area (TPSA) is 0 Å². The quantitative estimate of drug-likeness (QED) is 0.502. The van der Waals surface area contributed by atoms with Crippen molar-refractivity contribution in [2.24, 2.45) is 28.6 Å². The molecule has 0 heteroatoms. The lowest BCUT2D eigenvalue weighted by Gasteiger charge is -2.57. The number of allylic oxidation sites excluding steroid dienone is 4. The molecule has 0 aliphatic heterocycles. The first-order valence-corrected chi connectivity index (χ1v) is 8.51. The molecule has 0 aromatic rings. The van der Waals surface area contributed by atoms with E-state index in [0.717, 1.165) is 17.8 Å². The van der Waals surface area contributed by atoms with E-state index in [-0.39, 0.29) is 0 Å². The van der Waals surface area contributed by atoms with Crippen LogP contribution in [-0.4, -0.2) is 0 Å². The Morgan fingerprint density at radius 3 is 2.89 bits per heavy atom. The smallest absolute Gasteiger partial charge is 0.00853 e. The SMILES string of the molecule is C[C@@]12C=CCC1C1CCC3=CCCC[C@]3(C)C1CC2. The van der Waals surface area contributed by atoms with E-state index in [1.165, 1.54) is 51.4 Å². The number of rotatable bonds is 0. The summed E-state index contributed by atoms with van der Waals surface area (Å²) in [5.74, 6) is 2.96. The highest BCUT2D eigenvalue weighted by molar-refractivity contribution is 5.25. The van der Waals surface area contributed by atoms with Gasteiger partial charge < -0.3 is 0 Å². The zero-order valence-electron chi connectivity index (χ0n) is 12.6. The van der Waals surface area contributed by atoms with Crippen LogP contribution in [0.5, 0.6) is 0 Å². The van der Waals surface area contributed by atoms with Gasteiger partial charge in [0.2, 0.25) is 0 Å². The third kappa shape index (κ3) is 1.58. The molecule has 4 rings (SSSR count). The first kappa shape index (κ1) is 12.2. The largest absolute Gasteiger partial charge is 0.0877 e. The van der Waals surface area contributed by atoms with E-state index in [1.807, 2.05) is 5.57 Å². The Bertz CT molecular complexity index is 443. The highest BCUT2D eigenvalue weighted by Crippen LogP contribution is 2.63. The minimum atomic E-state index is 0.549. The lowest BCUT2D eigenvalue weighted by atomic mass is 9.47. The molecule has 2 fully saturated rings. The summed E-state index contributed by atoms with van der Waals surface area (Å²) in [5.41, 5.74) is 2.97. The van der Waals surface area contributed by atoms with E-state index < -0.39 is 0 Å². The van der Waals surface area contributed by atoms with E-state index >= 15 is 0 Å². The van der Waals surface area contributed by atoms with Gasteiger partial charge in [0.15, 0.2) is 0 Å². The van der Waals surface area contributed by atoms with Crippen molar-refractivity contribution in [1.82, 2.24) is 0 Å². The summed E-state index contributed by atoms with van der Waals surface area (Å²) in [7, 11) is 0. The summed E-state index contributed by atoms with van der Waals surface area (Å²) in [6.45, 7) is 5.14. The predicted molar refractivity (Wildman–Crippen MR) is 80.8 cm³/mol. The van der Waals surface area contributed by atoms with Crippen LogP contribution >= 0.6 is 0 Å². The van der Waals surface area contributed by atoms with Crippen LogP contribution in [0, 0.1) is 28.6 Å². The molecule has 0 nitrogen and oxygen atoms in total. The number of hydrogen-bond donors (Lipinski definition) is 0. The van der Waals surface area contributed by atoms with Gasteiger partial charge in [-0.25, -0.2) is 0 Å². The van der Waals surface area contributed by atoms with E-state index in [0.29, 0.717) is 10.8 Å². The lowest BCUT2D eigenvalue weighted by molar-refractivity contribution is -0.0249. The highest BCUT2D eigenvalue weighted by Gasteiger charge is 2.54. The molecule has 19 heavy (non-hydrogen) atoms. The van der Waals surface area contributed by atoms with Crippen molar-refractivity contribution >= 4 is 0 Å². The number of hydrogen-bond acceptors (Lipinski definition) is 0. The van der Waals surface area contributed by atoms with Crippen molar-refractivity contribution in [1.29, 1.82) is 0 Å². The van der Waals surface area contributed by atoms with Crippen molar-refractivity contribution in [3.8, 4) is 0 Å². The van der Waals surface area contributed by atoms with Crippen LogP contribution in [0.1, 0.15) is 65.2 Å². The summed E-state index contributed by atoms with van der Waals surface area (Å²) in [4.78, 5) is 0. The van der Waals surface area contributed by atoms with Crippen LogP contribution in [0.3, 0.4) is 0 Å². The molecule has 0 N–H and O–H groups in total. The number of fused-ring (bicyclic) bond motifs is 5. The molecular weight excluding hydrogens is 228 g/mol. The van der Waals surface area contributed by atoms with Crippen LogP contribution in [0.25, 0.3) is 0 Å². The summed E-state index contributed by atoms with van der Waals surface area (Å²) in [5, 5.41) is 0. The van der Waals surface area contributed by atoms with E-state index in [2.05, 4.69) is 32.1 Å². The molecular formula is C19H28. The molecule has 0 amide bonds. The van der Waals surface area contributed by atoms with Gasteiger partial charge in [0.1, 0.15) is 0 Å². The minimum Gasteiger partial charge on any atom is -0.0877 e. The average molecular weight is 256 g/mol. The zero-order valence-corrected chi connectivity index (χ0v) is 12.6. The third-order valence-electron chi connectivity index (χ3n) is 7.35. The van der Waals surface area contributed by atoms with E-state index in [4.69, 9.17) is 0 Å². The molecule has 5 atom stereocenters. The van der Waals surface area contributed by atoms with Crippen molar-refractivity contribution in [3.05, 3.63) is 23.8 Å². The molecule has 2 saturated carbocycles. The van der Waals surface area contributed by atoms with Crippen molar-refractivity contribution in [3.63, 3.8) is 0 Å². The molecule has 104 valence electrons. The molecule has 0 radical (unpaired) electrons. The summed E-state index contributed by atoms with van der Waals surface area (Å²) in [6, 6.07) is 0. The molecule has 3 unspecified atom stereocenters. The Hall–Kier alpha value is -0.520. The summed E-state index contributed by atoms with van der Waals surface area (Å²) in [6.07, 6.45) is 19.1. The fourth-order valence-corrected chi connectivity index (χ4v) is 6.24. The molecule has 0 saturated heterocycles. The second-order valence-corrected chi connectivity index (χ2v) is 8.14. The summed E-state index contributed by atoms with van der Waals surface area (Å²) < 4.78 is 0. The maximum atomic E-state index is 2.61. The second kappa shape index (κ2) is 3.99. The molecule has 0 aromatic heterocycles. The zero-order chi connectivity index (χ0) is 13.1. The first-order chi connectivity index (χ1) is 9.13. The van der Waals surface area contributed by atoms with Crippen molar-refractivity contribution < 1.29 is 0 Å². The fraction of sp³-hybridized carbons (Fsp3) is 0.789. The Morgan fingerprint density at radius 1 is 1.11 bits per heavy atom. The normalized spacial score (nSPS) is 52.1. The predicted octanol–water partition coefficient (Wildman–Crippen LogP) is 5.51. The fourth-order valence-electron chi connectivity index (χ4n) is 6.24. The maximum Gasteiger partial charge on any atom is -0.00853 e. The molecule has 0 bridgehead atoms. The van der Waals surface area contributed by atoms with Crippen molar-refractivity contribution in [2.45, 2.75) is 65.2 Å². The standard InChI is InChI=1S/C19H28/c1-18-11-5-7-16(18)15-9-8-14-6-3-4-12-19(14,2)17(15)10-13-18/h5-6,11,15-17H,3-4,7-10,12-13H2,1-2H3/t15?,16?,17?,18-,19-/m0/s1. The van der Waals surface area contributed by atoms with Crippen LogP contribution < -0.4 is 0 Å². The average Bonchev–Trinajstić information content (AvgIpc) is 2.79. The van der Waals surface area contributed by atoms with Gasteiger partial charge in [-0.15, -0.1) is 0 Å². The van der Waals surface area contributed by atoms with Crippen LogP contribution in [-0.2, 0) is 0 Å². The minimum absolute atomic E-state index is 0.549. The van der Waals surface area contributed by atoms with Crippen LogP contribution in [0.2, 0.25) is 0 Å². The highest BCUT2D eigenvalue weighted by atomic mass is 14.6. The van der Waals surface area contributed by atoms with Gasteiger partial charge in [-0.05, 0) is 80.0 Å². The molecule has 0 aromatic carbocycles. The third-order valence-corrected chi connectivity index (χ3v) is 7.35. The Kier molecular flexibility index (Phi) is 2.57. The first-order valence-electron chi connectivity index (χ1n) is 8.51. The molecule has 4 aliphatic carbocycles. The molecule has 4 aliphatic rings. The molecule has 0 spiro atoms. The molecule has 0 heterocycles.